The lowest BCUT2D eigenvalue weighted by Crippen LogP contribution is -2.13. The Morgan fingerprint density at radius 3 is 0.867 bits per heavy atom. The second kappa shape index (κ2) is 19.1. The van der Waals surface area contributed by atoms with E-state index in [2.05, 4.69) is 132 Å². The lowest BCUT2D eigenvalue weighted by Gasteiger charge is -2.27. The van der Waals surface area contributed by atoms with Gasteiger partial charge in [0.2, 0.25) is 0 Å². The number of carbonyl (C=O) groups excluding carboxylic acids is 2. The number of rotatable bonds is 8. The SMILES string of the molecule is CC(=O)SCCOc1c2cc(C(C)(C)C)cc1Sc1cc(C(C)(C)C)cc(c1O)Sc1cc(C(C)(C)C)cc(c1OCCSC(C)=O)Sc1cc(C(C)(C)C)cc(c1O)S2. The lowest BCUT2D eigenvalue weighted by molar-refractivity contribution is -0.109. The van der Waals surface area contributed by atoms with Crippen molar-refractivity contribution in [2.75, 3.05) is 24.7 Å². The number of hydrogen-bond donors (Lipinski definition) is 2. The van der Waals surface area contributed by atoms with Crippen LogP contribution in [0.5, 0.6) is 23.0 Å². The zero-order chi connectivity index (χ0) is 44.5. The third-order valence-electron chi connectivity index (χ3n) is 9.74. The first-order valence-corrected chi connectivity index (χ1v) is 25.3. The van der Waals surface area contributed by atoms with Crippen molar-refractivity contribution >= 4 is 80.8 Å². The van der Waals surface area contributed by atoms with Crippen molar-refractivity contribution in [3.63, 3.8) is 0 Å². The first-order valence-electron chi connectivity index (χ1n) is 20.1. The van der Waals surface area contributed by atoms with Crippen LogP contribution in [-0.4, -0.2) is 45.2 Å². The van der Waals surface area contributed by atoms with Crippen LogP contribution in [0.4, 0.5) is 0 Å². The maximum absolute atomic E-state index is 12.4. The van der Waals surface area contributed by atoms with E-state index in [9.17, 15) is 19.8 Å². The van der Waals surface area contributed by atoms with Gasteiger partial charge in [-0.3, -0.25) is 9.59 Å². The molecule has 2 N–H and O–H groups in total. The van der Waals surface area contributed by atoms with E-state index in [1.54, 1.807) is 13.8 Å². The minimum absolute atomic E-state index is 0.0261. The van der Waals surface area contributed by atoms with Crippen LogP contribution in [-0.2, 0) is 31.2 Å². The van der Waals surface area contributed by atoms with E-state index in [0.717, 1.165) is 41.8 Å². The molecule has 5 rings (SSSR count). The molecule has 1 aliphatic heterocycles. The second-order valence-corrected chi connectivity index (χ2v) is 25.9. The first kappa shape index (κ1) is 48.6. The molecule has 4 aromatic carbocycles. The molecule has 0 fully saturated rings. The smallest absolute Gasteiger partial charge is 0.185 e. The van der Waals surface area contributed by atoms with Gasteiger partial charge in [0.1, 0.15) is 23.0 Å². The molecule has 4 aromatic rings. The van der Waals surface area contributed by atoms with Crippen LogP contribution in [0.2, 0.25) is 0 Å². The van der Waals surface area contributed by atoms with Gasteiger partial charge in [0.25, 0.3) is 0 Å². The molecule has 0 amide bonds. The minimum Gasteiger partial charge on any atom is -0.506 e. The summed E-state index contributed by atoms with van der Waals surface area (Å²) in [6.45, 7) is 29.8. The fraction of sp³-hybridized carbons (Fsp3) is 0.458. The van der Waals surface area contributed by atoms with Crippen molar-refractivity contribution in [2.24, 2.45) is 0 Å². The Bertz CT molecular complexity index is 2000. The van der Waals surface area contributed by atoms with Gasteiger partial charge >= 0.3 is 0 Å². The first-order chi connectivity index (χ1) is 27.7. The molecule has 0 unspecified atom stereocenters. The molecule has 0 spiro atoms. The molecule has 8 bridgehead atoms. The normalized spacial score (nSPS) is 13.6. The van der Waals surface area contributed by atoms with E-state index in [4.69, 9.17) is 9.47 Å². The molecule has 324 valence electrons. The van der Waals surface area contributed by atoms with Crippen LogP contribution >= 0.6 is 70.6 Å². The largest absolute Gasteiger partial charge is 0.506 e. The highest BCUT2D eigenvalue weighted by molar-refractivity contribution is 8.13. The predicted molar refractivity (Wildman–Crippen MR) is 258 cm³/mol. The summed E-state index contributed by atoms with van der Waals surface area (Å²) < 4.78 is 13.4. The van der Waals surface area contributed by atoms with Crippen LogP contribution in [0.3, 0.4) is 0 Å². The fourth-order valence-electron chi connectivity index (χ4n) is 6.08. The van der Waals surface area contributed by atoms with E-state index in [0.29, 0.717) is 55.8 Å². The summed E-state index contributed by atoms with van der Waals surface area (Å²) in [4.78, 5) is 29.9. The van der Waals surface area contributed by atoms with Crippen LogP contribution in [0, 0.1) is 0 Å². The average molecular weight is 925 g/mol. The van der Waals surface area contributed by atoms with Gasteiger partial charge in [-0.05, 0) is 92.4 Å². The van der Waals surface area contributed by atoms with E-state index < -0.39 is 0 Å². The highest BCUT2D eigenvalue weighted by Crippen LogP contribution is 2.56. The molecular formula is C48H60O6S6. The Kier molecular flexibility index (Phi) is 15.5. The molecule has 12 heteroatoms. The number of aromatic hydroxyl groups is 2. The standard InChI is InChI=1S/C48H60O6S6/c1-27(49)55-17-15-53-43-37-23-31(47(9,10)11)24-38(43)58-34-20-30(46(6,7)8)22-36(42(34)52)60-40-26-32(48(12,13)14)25-39(44(40)54-16-18-56-28(2)50)59-35-21-29(45(3,4)5)19-33(57-37)41(35)51/h19-26,51-52H,15-18H2,1-14H3. The Hall–Kier alpha value is -2.48. The van der Waals surface area contributed by atoms with Gasteiger partial charge in [0, 0.05) is 25.4 Å². The zero-order valence-corrected chi connectivity index (χ0v) is 42.3. The number of ether oxygens (including phenoxy) is 2. The van der Waals surface area contributed by atoms with Crippen molar-refractivity contribution in [1.82, 2.24) is 0 Å². The summed E-state index contributed by atoms with van der Waals surface area (Å²) in [6, 6.07) is 16.9. The number of fused-ring (bicyclic) bond motifs is 8. The predicted octanol–water partition coefficient (Wildman–Crippen LogP) is 14.5. The molecule has 0 radical (unpaired) electrons. The number of hydrogen-bond acceptors (Lipinski definition) is 12. The highest BCUT2D eigenvalue weighted by atomic mass is 32.2. The summed E-state index contributed by atoms with van der Waals surface area (Å²) in [5.74, 6) is 2.55. The van der Waals surface area contributed by atoms with Crippen LogP contribution < -0.4 is 9.47 Å². The van der Waals surface area contributed by atoms with Gasteiger partial charge < -0.3 is 19.7 Å². The van der Waals surface area contributed by atoms with Crippen LogP contribution in [0.15, 0.2) is 87.7 Å². The van der Waals surface area contributed by atoms with Crippen LogP contribution in [0.25, 0.3) is 0 Å². The molecule has 0 aliphatic carbocycles. The minimum atomic E-state index is -0.251. The van der Waals surface area contributed by atoms with Crippen molar-refractivity contribution in [1.29, 1.82) is 0 Å². The van der Waals surface area contributed by atoms with Gasteiger partial charge in [0.15, 0.2) is 10.2 Å². The van der Waals surface area contributed by atoms with Gasteiger partial charge in [-0.2, -0.15) is 0 Å². The number of benzene rings is 4. The summed E-state index contributed by atoms with van der Waals surface area (Å²) in [6.07, 6.45) is 0. The molecule has 0 atom stereocenters. The molecular weight excluding hydrogens is 865 g/mol. The molecule has 0 saturated carbocycles. The molecule has 6 nitrogen and oxygen atoms in total. The van der Waals surface area contributed by atoms with E-state index >= 15 is 0 Å². The van der Waals surface area contributed by atoms with Crippen molar-refractivity contribution in [2.45, 2.75) is 158 Å². The summed E-state index contributed by atoms with van der Waals surface area (Å²) in [7, 11) is 0. The van der Waals surface area contributed by atoms with Gasteiger partial charge in [-0.15, -0.1) is 0 Å². The lowest BCUT2D eigenvalue weighted by atomic mass is 9.87. The van der Waals surface area contributed by atoms with E-state index in [1.165, 1.54) is 70.6 Å². The van der Waals surface area contributed by atoms with Gasteiger partial charge in [0.05, 0.1) is 52.4 Å². The Balaban J connectivity index is 1.90. The van der Waals surface area contributed by atoms with E-state index in [-0.39, 0.29) is 43.4 Å². The topological polar surface area (TPSA) is 93.1 Å². The molecule has 0 saturated heterocycles. The fourth-order valence-corrected chi connectivity index (χ4v) is 11.6. The maximum Gasteiger partial charge on any atom is 0.185 e. The zero-order valence-electron chi connectivity index (χ0n) is 37.4. The van der Waals surface area contributed by atoms with Crippen LogP contribution in [0.1, 0.15) is 119 Å². The number of phenols is 2. The number of thioether (sulfide) groups is 2. The number of phenolic OH excluding ortho intramolecular Hbond substituents is 2. The monoisotopic (exact) mass is 924 g/mol. The van der Waals surface area contributed by atoms with Gasteiger partial charge in [-0.25, -0.2) is 0 Å². The second-order valence-electron chi connectivity index (χ2n) is 19.0. The van der Waals surface area contributed by atoms with Crippen molar-refractivity contribution in [3.05, 3.63) is 70.8 Å². The van der Waals surface area contributed by atoms with E-state index in [1.807, 2.05) is 0 Å². The number of carbonyl (C=O) groups is 2. The molecule has 0 aromatic heterocycles. The highest BCUT2D eigenvalue weighted by Gasteiger charge is 2.29. The van der Waals surface area contributed by atoms with Crippen molar-refractivity contribution in [3.8, 4) is 23.0 Å². The molecule has 60 heavy (non-hydrogen) atoms. The average Bonchev–Trinajstić information content (AvgIpc) is 3.10. The molecule has 1 heterocycles. The Morgan fingerprint density at radius 2 is 0.667 bits per heavy atom. The summed E-state index contributed by atoms with van der Waals surface area (Å²) >= 11 is 8.31. The maximum atomic E-state index is 12.4. The summed E-state index contributed by atoms with van der Waals surface area (Å²) in [5.41, 5.74) is 3.29. The van der Waals surface area contributed by atoms with Gasteiger partial charge in [-0.1, -0.05) is 154 Å². The third-order valence-corrected chi connectivity index (χ3v) is 15.5. The molecule has 1 aliphatic rings. The quantitative estimate of drug-likeness (QED) is 0.145. The Morgan fingerprint density at radius 1 is 0.450 bits per heavy atom. The Labute approximate surface area is 383 Å². The van der Waals surface area contributed by atoms with Crippen molar-refractivity contribution < 1.29 is 29.3 Å². The third kappa shape index (κ3) is 12.4. The summed E-state index contributed by atoms with van der Waals surface area (Å²) in [5, 5.41) is 24.9.